The highest BCUT2D eigenvalue weighted by molar-refractivity contribution is 8.03. The van der Waals surface area contributed by atoms with E-state index in [4.69, 9.17) is 0 Å². The van der Waals surface area contributed by atoms with Crippen LogP contribution in [0.2, 0.25) is 0 Å². The molecular weight excluding hydrogens is 326 g/mol. The molecule has 2 unspecified atom stereocenters. The van der Waals surface area contributed by atoms with Crippen LogP contribution < -0.4 is 0 Å². The molecule has 0 bridgehead atoms. The molecule has 128 valence electrons. The molecule has 1 aromatic rings. The summed E-state index contributed by atoms with van der Waals surface area (Å²) in [5.74, 6) is 2.21. The van der Waals surface area contributed by atoms with Crippen molar-refractivity contribution in [2.75, 3.05) is 26.3 Å². The third-order valence-corrected chi connectivity index (χ3v) is 8.34. The molecule has 0 aromatic heterocycles. The van der Waals surface area contributed by atoms with E-state index in [-0.39, 0.29) is 13.2 Å². The largest absolute Gasteiger partial charge is 0.391 e. The van der Waals surface area contributed by atoms with Crippen molar-refractivity contribution in [2.45, 2.75) is 48.9 Å². The van der Waals surface area contributed by atoms with Crippen molar-refractivity contribution in [3.8, 4) is 0 Å². The first kappa shape index (κ1) is 17.6. The van der Waals surface area contributed by atoms with Crippen LogP contribution in [0.15, 0.2) is 12.1 Å². The molecule has 2 N–H and O–H groups in total. The number of benzene rings is 1. The summed E-state index contributed by atoms with van der Waals surface area (Å²) in [5, 5.41) is 20.3. The second kappa shape index (κ2) is 7.36. The summed E-state index contributed by atoms with van der Waals surface area (Å²) < 4.78 is 0.804. The van der Waals surface area contributed by atoms with E-state index in [1.54, 1.807) is 0 Å². The average molecular weight is 355 g/mol. The van der Waals surface area contributed by atoms with E-state index in [0.717, 1.165) is 42.2 Å². The fraction of sp³-hybridized carbons (Fsp3) is 0.667. The van der Waals surface area contributed by atoms with Crippen molar-refractivity contribution in [3.05, 3.63) is 34.4 Å². The highest BCUT2D eigenvalue weighted by Crippen LogP contribution is 2.38. The molecule has 0 fully saturated rings. The van der Waals surface area contributed by atoms with Gasteiger partial charge in [0.05, 0.1) is 13.2 Å². The molecule has 0 spiro atoms. The summed E-state index contributed by atoms with van der Waals surface area (Å²) >= 11 is 4.13. The number of hydrogen-bond donors (Lipinski definition) is 2. The lowest BCUT2D eigenvalue weighted by atomic mass is 10.0. The predicted molar refractivity (Wildman–Crippen MR) is 99.5 cm³/mol. The number of nitrogens with zero attached hydrogens (tertiary/aromatic N) is 1. The summed E-state index contributed by atoms with van der Waals surface area (Å²) in [6, 6.07) is 4.82. The summed E-state index contributed by atoms with van der Waals surface area (Å²) in [6.07, 6.45) is 0. The summed E-state index contributed by atoms with van der Waals surface area (Å²) in [5.41, 5.74) is 5.84. The Labute approximate surface area is 148 Å². The van der Waals surface area contributed by atoms with Crippen LogP contribution in [-0.4, -0.2) is 51.5 Å². The standard InChI is InChI=1S/C18H28NO2S2/c1-13-14(2)23-12-18-8-16-10-19(3-5-20,4-6-21)9-15(16)7-17(18)11-22-13/h7-8,13-14,20-21H,3-6,9-12H2,1-2H3/q+1. The molecule has 2 aliphatic heterocycles. The molecule has 5 heteroatoms. The lowest BCUT2D eigenvalue weighted by molar-refractivity contribution is -0.947. The minimum Gasteiger partial charge on any atom is -0.391 e. The Hall–Kier alpha value is -0.200. The molecule has 3 nitrogen and oxygen atoms in total. The average Bonchev–Trinajstić information content (AvgIpc) is 2.86. The number of rotatable bonds is 4. The lowest BCUT2D eigenvalue weighted by Gasteiger charge is -2.32. The summed E-state index contributed by atoms with van der Waals surface area (Å²) in [4.78, 5) is 0. The molecule has 0 amide bonds. The number of quaternary nitrogens is 1. The zero-order valence-electron chi connectivity index (χ0n) is 14.1. The van der Waals surface area contributed by atoms with E-state index in [1.165, 1.54) is 22.3 Å². The molecule has 23 heavy (non-hydrogen) atoms. The minimum absolute atomic E-state index is 0.189. The van der Waals surface area contributed by atoms with Crippen molar-refractivity contribution in [3.63, 3.8) is 0 Å². The van der Waals surface area contributed by atoms with E-state index in [2.05, 4.69) is 49.5 Å². The van der Waals surface area contributed by atoms with Gasteiger partial charge in [-0.2, -0.15) is 23.5 Å². The predicted octanol–water partition coefficient (Wildman–Crippen LogP) is 2.76. The van der Waals surface area contributed by atoms with Gasteiger partial charge in [0, 0.05) is 33.1 Å². The van der Waals surface area contributed by atoms with E-state index in [9.17, 15) is 10.2 Å². The normalized spacial score (nSPS) is 26.3. The van der Waals surface area contributed by atoms with Gasteiger partial charge >= 0.3 is 0 Å². The molecule has 3 rings (SSSR count). The zero-order chi connectivity index (χ0) is 16.4. The quantitative estimate of drug-likeness (QED) is 0.816. The van der Waals surface area contributed by atoms with Crippen LogP contribution in [0.5, 0.6) is 0 Å². The minimum atomic E-state index is 0.189. The van der Waals surface area contributed by atoms with Crippen molar-refractivity contribution in [1.82, 2.24) is 0 Å². The van der Waals surface area contributed by atoms with Crippen LogP contribution in [0.3, 0.4) is 0 Å². The highest BCUT2D eigenvalue weighted by Gasteiger charge is 2.36. The van der Waals surface area contributed by atoms with Gasteiger partial charge in [0.15, 0.2) is 0 Å². The Balaban J connectivity index is 1.87. The van der Waals surface area contributed by atoms with Gasteiger partial charge in [0.2, 0.25) is 0 Å². The maximum Gasteiger partial charge on any atom is 0.105 e. The van der Waals surface area contributed by atoms with Crippen LogP contribution in [-0.2, 0) is 24.6 Å². The fourth-order valence-corrected chi connectivity index (χ4v) is 6.13. The van der Waals surface area contributed by atoms with Crippen molar-refractivity contribution >= 4 is 23.5 Å². The van der Waals surface area contributed by atoms with Gasteiger partial charge in [0.25, 0.3) is 0 Å². The second-order valence-electron chi connectivity index (χ2n) is 6.97. The summed E-state index contributed by atoms with van der Waals surface area (Å²) in [7, 11) is 0. The zero-order valence-corrected chi connectivity index (χ0v) is 15.8. The van der Waals surface area contributed by atoms with Gasteiger partial charge in [-0.05, 0) is 23.3 Å². The molecule has 0 radical (unpaired) electrons. The molecule has 2 aliphatic rings. The van der Waals surface area contributed by atoms with Crippen LogP contribution in [0.1, 0.15) is 36.1 Å². The van der Waals surface area contributed by atoms with Gasteiger partial charge in [0.1, 0.15) is 26.2 Å². The van der Waals surface area contributed by atoms with Gasteiger partial charge in [-0.1, -0.05) is 13.8 Å². The Morgan fingerprint density at radius 2 is 1.30 bits per heavy atom. The fourth-order valence-electron chi connectivity index (χ4n) is 3.70. The number of fused-ring (bicyclic) bond motifs is 2. The van der Waals surface area contributed by atoms with Crippen LogP contribution in [0.4, 0.5) is 0 Å². The molecule has 0 saturated heterocycles. The Morgan fingerprint density at radius 1 is 0.870 bits per heavy atom. The number of aliphatic hydroxyl groups is 2. The molecule has 0 saturated carbocycles. The maximum atomic E-state index is 9.44. The van der Waals surface area contributed by atoms with Gasteiger partial charge in [-0.25, -0.2) is 0 Å². The Bertz CT molecular complexity index is 515. The molecule has 1 aromatic carbocycles. The van der Waals surface area contributed by atoms with Crippen LogP contribution >= 0.6 is 23.5 Å². The lowest BCUT2D eigenvalue weighted by Crippen LogP contribution is -2.46. The van der Waals surface area contributed by atoms with Crippen molar-refractivity contribution < 1.29 is 14.7 Å². The monoisotopic (exact) mass is 354 g/mol. The Kier molecular flexibility index (Phi) is 5.64. The first-order valence-electron chi connectivity index (χ1n) is 8.50. The van der Waals surface area contributed by atoms with Gasteiger partial charge < -0.3 is 14.7 Å². The van der Waals surface area contributed by atoms with Crippen LogP contribution in [0, 0.1) is 0 Å². The van der Waals surface area contributed by atoms with Crippen LogP contribution in [0.25, 0.3) is 0 Å². The maximum absolute atomic E-state index is 9.44. The van der Waals surface area contributed by atoms with E-state index >= 15 is 0 Å². The van der Waals surface area contributed by atoms with Crippen molar-refractivity contribution in [1.29, 1.82) is 0 Å². The molecular formula is C18H28NO2S2+. The molecule has 2 heterocycles. The smallest absolute Gasteiger partial charge is 0.105 e. The van der Waals surface area contributed by atoms with E-state index < -0.39 is 0 Å². The number of aliphatic hydroxyl groups excluding tert-OH is 2. The van der Waals surface area contributed by atoms with Gasteiger partial charge in [-0.3, -0.25) is 0 Å². The number of thioether (sulfide) groups is 2. The number of hydrogen-bond acceptors (Lipinski definition) is 4. The van der Waals surface area contributed by atoms with E-state index in [0.29, 0.717) is 10.5 Å². The molecule has 0 aliphatic carbocycles. The third kappa shape index (κ3) is 3.74. The first-order chi connectivity index (χ1) is 11.1. The molecule has 2 atom stereocenters. The van der Waals surface area contributed by atoms with E-state index in [1.807, 2.05) is 0 Å². The Morgan fingerprint density at radius 3 is 1.70 bits per heavy atom. The van der Waals surface area contributed by atoms with Gasteiger partial charge in [-0.15, -0.1) is 0 Å². The second-order valence-corrected chi connectivity index (χ2v) is 9.71. The first-order valence-corrected chi connectivity index (χ1v) is 10.6. The third-order valence-electron chi connectivity index (χ3n) is 5.35. The topological polar surface area (TPSA) is 40.5 Å². The SMILES string of the molecule is CC1SCc2cc3c(cc2CSC1C)C[N+](CCO)(CCO)C3. The highest BCUT2D eigenvalue weighted by atomic mass is 32.2. The summed E-state index contributed by atoms with van der Waals surface area (Å²) in [6.45, 7) is 8.43. The van der Waals surface area contributed by atoms with Crippen molar-refractivity contribution in [2.24, 2.45) is 0 Å².